The molecule has 8 nitrogen and oxygen atoms in total. The number of nitrogens with zero attached hydrogens (tertiary/aromatic N) is 2. The van der Waals surface area contributed by atoms with E-state index in [0.717, 1.165) is 38.6 Å². The van der Waals surface area contributed by atoms with E-state index in [4.69, 9.17) is 9.47 Å². The molecule has 0 bridgehead atoms. The topological polar surface area (TPSA) is 93.2 Å². The summed E-state index contributed by atoms with van der Waals surface area (Å²) in [5.74, 6) is -2.13. The number of esters is 2. The fourth-order valence-electron chi connectivity index (χ4n) is 5.78. The smallest absolute Gasteiger partial charge is 0.341 e. The summed E-state index contributed by atoms with van der Waals surface area (Å²) >= 11 is 6.93. The first-order chi connectivity index (χ1) is 21.0. The number of hydrogen-bond donors (Lipinski definition) is 0. The van der Waals surface area contributed by atoms with Crippen LogP contribution in [0.4, 0.5) is 0 Å². The average molecular weight is 742 g/mol. The maximum absolute atomic E-state index is 14.9. The van der Waals surface area contributed by atoms with Gasteiger partial charge in [-0.3, -0.25) is 4.90 Å². The first kappa shape index (κ1) is 32.1. The van der Waals surface area contributed by atoms with E-state index < -0.39 is 39.7 Å². The fraction of sp³-hybridized carbons (Fsp3) is 0.212. The molecule has 0 aromatic heterocycles. The number of methoxy groups -OCH3 is 2. The molecular weight excluding hydrogens is 712 g/mol. The summed E-state index contributed by atoms with van der Waals surface area (Å²) in [6.07, 6.45) is -1.14. The summed E-state index contributed by atoms with van der Waals surface area (Å²) in [4.78, 5) is 30.3. The molecule has 1 aliphatic heterocycles. The molecule has 228 valence electrons. The molecule has 1 heterocycles. The second kappa shape index (κ2) is 12.9. The van der Waals surface area contributed by atoms with Gasteiger partial charge in [-0.25, -0.2) is 18.0 Å². The third-order valence-corrected chi connectivity index (χ3v) is 10.7. The summed E-state index contributed by atoms with van der Waals surface area (Å²) < 4.78 is 43.1. The van der Waals surface area contributed by atoms with Gasteiger partial charge in [-0.2, -0.15) is 0 Å². The number of aryl methyl sites for hydroxylation is 1. The molecule has 0 radical (unpaired) electrons. The molecule has 0 saturated carbocycles. The minimum absolute atomic E-state index is 0.0847. The van der Waals surface area contributed by atoms with Crippen molar-refractivity contribution in [1.82, 2.24) is 9.21 Å². The van der Waals surface area contributed by atoms with Gasteiger partial charge in [-0.15, -0.1) is 4.31 Å². The van der Waals surface area contributed by atoms with E-state index in [9.17, 15) is 18.0 Å². The molecular formula is C33H30Br2N2O6S. The van der Waals surface area contributed by atoms with E-state index in [-0.39, 0.29) is 11.4 Å². The monoisotopic (exact) mass is 740 g/mol. The van der Waals surface area contributed by atoms with Gasteiger partial charge in [0.05, 0.1) is 25.2 Å². The maximum Gasteiger partial charge on any atom is 0.341 e. The Kier molecular flexibility index (Phi) is 9.43. The molecule has 1 saturated heterocycles. The highest BCUT2D eigenvalue weighted by molar-refractivity contribution is 9.10. The van der Waals surface area contributed by atoms with Crippen LogP contribution in [-0.4, -0.2) is 49.3 Å². The predicted octanol–water partition coefficient (Wildman–Crippen LogP) is 6.55. The summed E-state index contributed by atoms with van der Waals surface area (Å²) in [5, 5.41) is 0. The average Bonchev–Trinajstić information content (AvgIpc) is 3.33. The lowest BCUT2D eigenvalue weighted by Gasteiger charge is -2.36. The molecule has 0 spiro atoms. The third-order valence-electron chi connectivity index (χ3n) is 7.74. The standard InChI is InChI=1S/C33H30Br2N2O6S/c1-22-9-19-28(20-10-22)44(40,41)37-30(25-13-17-27(35)18-14-25)36(21-23-7-5-4-6-8-23)29(24-11-15-26(34)16-12-24)33(37,31(38)42-2)32(39)43-3/h4-20,29-30H,21H2,1-3H3/t29-,30+/m1/s1. The van der Waals surface area contributed by atoms with Crippen LogP contribution in [0.5, 0.6) is 0 Å². The van der Waals surface area contributed by atoms with Crippen molar-refractivity contribution in [1.29, 1.82) is 0 Å². The van der Waals surface area contributed by atoms with Gasteiger partial charge in [0, 0.05) is 15.5 Å². The van der Waals surface area contributed by atoms with Crippen LogP contribution in [0.1, 0.15) is 34.5 Å². The predicted molar refractivity (Wildman–Crippen MR) is 173 cm³/mol. The highest BCUT2D eigenvalue weighted by Crippen LogP contribution is 2.56. The highest BCUT2D eigenvalue weighted by atomic mass is 79.9. The molecule has 0 N–H and O–H groups in total. The van der Waals surface area contributed by atoms with Crippen LogP contribution in [0.2, 0.25) is 0 Å². The van der Waals surface area contributed by atoms with Crippen LogP contribution >= 0.6 is 31.9 Å². The van der Waals surface area contributed by atoms with Gasteiger partial charge < -0.3 is 9.47 Å². The molecule has 4 aromatic carbocycles. The maximum atomic E-state index is 14.9. The van der Waals surface area contributed by atoms with Crippen LogP contribution in [0.3, 0.4) is 0 Å². The number of halogens is 2. The first-order valence-electron chi connectivity index (χ1n) is 13.6. The van der Waals surface area contributed by atoms with Gasteiger partial charge in [0.15, 0.2) is 0 Å². The Morgan fingerprint density at radius 2 is 1.25 bits per heavy atom. The summed E-state index contributed by atoms with van der Waals surface area (Å²) in [5.41, 5.74) is 0.267. The van der Waals surface area contributed by atoms with Crippen molar-refractivity contribution in [2.75, 3.05) is 14.2 Å². The van der Waals surface area contributed by atoms with Gasteiger partial charge in [0.25, 0.3) is 5.54 Å². The molecule has 5 rings (SSSR count). The van der Waals surface area contributed by atoms with Crippen molar-refractivity contribution in [3.05, 3.63) is 134 Å². The molecule has 1 fully saturated rings. The second-order valence-corrected chi connectivity index (χ2v) is 14.0. The van der Waals surface area contributed by atoms with E-state index in [0.29, 0.717) is 11.1 Å². The van der Waals surface area contributed by atoms with E-state index in [1.54, 1.807) is 60.7 Å². The molecule has 44 heavy (non-hydrogen) atoms. The Hall–Kier alpha value is -3.35. The van der Waals surface area contributed by atoms with E-state index in [1.807, 2.05) is 42.2 Å². The van der Waals surface area contributed by atoms with E-state index in [2.05, 4.69) is 31.9 Å². The van der Waals surface area contributed by atoms with Gasteiger partial charge in [0.1, 0.15) is 6.17 Å². The lowest BCUT2D eigenvalue weighted by molar-refractivity contribution is -0.168. The minimum atomic E-state index is -4.59. The quantitative estimate of drug-likeness (QED) is 0.149. The molecule has 0 unspecified atom stereocenters. The molecule has 2 atom stereocenters. The molecule has 4 aromatic rings. The van der Waals surface area contributed by atoms with Crippen molar-refractivity contribution in [3.63, 3.8) is 0 Å². The van der Waals surface area contributed by atoms with E-state index in [1.165, 1.54) is 12.1 Å². The number of carbonyl (C=O) groups excluding carboxylic acids is 2. The van der Waals surface area contributed by atoms with Crippen molar-refractivity contribution < 1.29 is 27.5 Å². The van der Waals surface area contributed by atoms with Crippen molar-refractivity contribution in [3.8, 4) is 0 Å². The number of rotatable bonds is 8. The zero-order valence-corrected chi connectivity index (χ0v) is 28.2. The summed E-state index contributed by atoms with van der Waals surface area (Å²) in [7, 11) is -2.31. The largest absolute Gasteiger partial charge is 0.467 e. The van der Waals surface area contributed by atoms with Crippen molar-refractivity contribution >= 4 is 53.8 Å². The van der Waals surface area contributed by atoms with Gasteiger partial charge >= 0.3 is 11.9 Å². The zero-order valence-electron chi connectivity index (χ0n) is 24.2. The Bertz CT molecular complexity index is 1730. The van der Waals surface area contributed by atoms with Gasteiger partial charge in [-0.05, 0) is 60.0 Å². The minimum Gasteiger partial charge on any atom is -0.467 e. The summed E-state index contributed by atoms with van der Waals surface area (Å²) in [6, 6.07) is 28.8. The van der Waals surface area contributed by atoms with Crippen LogP contribution in [0.15, 0.2) is 117 Å². The molecule has 11 heteroatoms. The molecule has 1 aliphatic rings. The van der Waals surface area contributed by atoms with Gasteiger partial charge in [-0.1, -0.05) is 104 Å². The zero-order chi connectivity index (χ0) is 31.6. The Morgan fingerprint density at radius 1 is 0.750 bits per heavy atom. The lowest BCUT2D eigenvalue weighted by atomic mass is 9.85. The number of sulfonamides is 1. The highest BCUT2D eigenvalue weighted by Gasteiger charge is 2.72. The molecule has 0 amide bonds. The van der Waals surface area contributed by atoms with Crippen LogP contribution < -0.4 is 0 Å². The first-order valence-corrected chi connectivity index (χ1v) is 16.7. The Balaban J connectivity index is 1.93. The Labute approximate surface area is 273 Å². The van der Waals surface area contributed by atoms with Crippen LogP contribution in [0, 0.1) is 6.92 Å². The second-order valence-electron chi connectivity index (χ2n) is 10.4. The van der Waals surface area contributed by atoms with Crippen LogP contribution in [0.25, 0.3) is 0 Å². The normalized spacial score (nSPS) is 18.6. The van der Waals surface area contributed by atoms with Gasteiger partial charge in [0.2, 0.25) is 10.0 Å². The Morgan fingerprint density at radius 3 is 1.75 bits per heavy atom. The van der Waals surface area contributed by atoms with Crippen molar-refractivity contribution in [2.45, 2.75) is 36.1 Å². The number of carbonyl (C=O) groups is 2. The fourth-order valence-corrected chi connectivity index (χ4v) is 8.15. The van der Waals surface area contributed by atoms with Crippen LogP contribution in [-0.2, 0) is 35.6 Å². The van der Waals surface area contributed by atoms with Crippen molar-refractivity contribution in [2.24, 2.45) is 0 Å². The van der Waals surface area contributed by atoms with E-state index >= 15 is 0 Å². The lowest BCUT2D eigenvalue weighted by Crippen LogP contribution is -2.62. The SMILES string of the molecule is COC(=O)C1(C(=O)OC)[C@@H](c2ccc(Br)cc2)N(Cc2ccccc2)[C@H](c2ccc(Br)cc2)N1S(=O)(=O)c1ccc(C)cc1. The number of hydrogen-bond acceptors (Lipinski definition) is 7. The number of benzene rings is 4. The molecule has 0 aliphatic carbocycles. The number of ether oxygens (including phenoxy) is 2. The third kappa shape index (κ3) is 5.63. The summed E-state index contributed by atoms with van der Waals surface area (Å²) in [6.45, 7) is 2.02.